The monoisotopic (exact) mass is 326 g/mol. The fourth-order valence-corrected chi connectivity index (χ4v) is 3.01. The Bertz CT molecular complexity index is 491. The second-order valence-corrected chi connectivity index (χ2v) is 7.70. The highest BCUT2D eigenvalue weighted by atomic mass is 32.1. The number of methoxy groups -OCH3 is 1. The van der Waals surface area contributed by atoms with Crippen molar-refractivity contribution >= 4 is 17.3 Å². The number of rotatable bonds is 6. The zero-order valence-electron chi connectivity index (χ0n) is 14.9. The fourth-order valence-electron chi connectivity index (χ4n) is 2.15. The smallest absolute Gasteiger partial charge is 0.191 e. The van der Waals surface area contributed by atoms with Crippen molar-refractivity contribution in [3.05, 3.63) is 15.6 Å². The summed E-state index contributed by atoms with van der Waals surface area (Å²) < 4.78 is 5.58. The van der Waals surface area contributed by atoms with Gasteiger partial charge in [-0.25, -0.2) is 9.98 Å². The molecule has 2 N–H and O–H groups in total. The van der Waals surface area contributed by atoms with Crippen LogP contribution in [-0.4, -0.2) is 37.2 Å². The van der Waals surface area contributed by atoms with Crippen LogP contribution in [0.3, 0.4) is 0 Å². The van der Waals surface area contributed by atoms with Crippen LogP contribution >= 0.6 is 11.3 Å². The molecule has 1 atom stereocenters. The van der Waals surface area contributed by atoms with E-state index in [1.807, 2.05) is 13.8 Å². The van der Waals surface area contributed by atoms with Gasteiger partial charge in [-0.05, 0) is 26.2 Å². The number of guanidine groups is 1. The second-order valence-electron chi connectivity index (χ2n) is 6.41. The van der Waals surface area contributed by atoms with Gasteiger partial charge in [-0.15, -0.1) is 11.3 Å². The van der Waals surface area contributed by atoms with E-state index in [1.165, 1.54) is 4.88 Å². The van der Waals surface area contributed by atoms with Crippen LogP contribution in [0.2, 0.25) is 0 Å². The van der Waals surface area contributed by atoms with E-state index >= 15 is 0 Å². The molecule has 6 heteroatoms. The van der Waals surface area contributed by atoms with Crippen molar-refractivity contribution < 1.29 is 4.74 Å². The van der Waals surface area contributed by atoms with Crippen molar-refractivity contribution in [1.82, 2.24) is 15.6 Å². The summed E-state index contributed by atoms with van der Waals surface area (Å²) in [5.41, 5.74) is 1.16. The minimum atomic E-state index is 0.0877. The Labute approximate surface area is 138 Å². The van der Waals surface area contributed by atoms with Crippen LogP contribution in [0.15, 0.2) is 4.99 Å². The van der Waals surface area contributed by atoms with Gasteiger partial charge in [0.2, 0.25) is 0 Å². The highest BCUT2D eigenvalue weighted by molar-refractivity contribution is 7.11. The number of nitrogens with zero attached hydrogens (tertiary/aromatic N) is 2. The molecule has 1 aromatic rings. The molecule has 0 amide bonds. The van der Waals surface area contributed by atoms with E-state index in [0.717, 1.165) is 29.8 Å². The molecular weight excluding hydrogens is 296 g/mol. The van der Waals surface area contributed by atoms with Crippen molar-refractivity contribution in [3.63, 3.8) is 0 Å². The average molecular weight is 327 g/mol. The Morgan fingerprint density at radius 1 is 1.32 bits per heavy atom. The molecule has 0 aliphatic carbocycles. The summed E-state index contributed by atoms with van der Waals surface area (Å²) in [6.07, 6.45) is 0.128. The minimum absolute atomic E-state index is 0.0877. The molecule has 0 bridgehead atoms. The largest absolute Gasteiger partial charge is 0.379 e. The quantitative estimate of drug-likeness (QED) is 0.623. The van der Waals surface area contributed by atoms with Crippen molar-refractivity contribution in [2.45, 2.75) is 54.2 Å². The molecule has 1 rings (SSSR count). The molecule has 0 aromatic carbocycles. The van der Waals surface area contributed by atoms with Crippen LogP contribution in [0.5, 0.6) is 0 Å². The zero-order valence-corrected chi connectivity index (χ0v) is 15.7. The van der Waals surface area contributed by atoms with Gasteiger partial charge in [-0.2, -0.15) is 0 Å². The number of nitrogens with one attached hydrogen (secondary N) is 2. The molecule has 0 fully saturated rings. The minimum Gasteiger partial charge on any atom is -0.379 e. The Balaban J connectivity index is 2.68. The van der Waals surface area contributed by atoms with Gasteiger partial charge in [-0.1, -0.05) is 20.8 Å². The molecule has 126 valence electrons. The van der Waals surface area contributed by atoms with Crippen LogP contribution < -0.4 is 10.6 Å². The van der Waals surface area contributed by atoms with E-state index in [-0.39, 0.29) is 11.5 Å². The van der Waals surface area contributed by atoms with Crippen LogP contribution in [-0.2, 0) is 11.3 Å². The van der Waals surface area contributed by atoms with Crippen LogP contribution in [0, 0.1) is 19.3 Å². The number of hydrogen-bond acceptors (Lipinski definition) is 4. The van der Waals surface area contributed by atoms with Crippen molar-refractivity contribution in [3.8, 4) is 0 Å². The third kappa shape index (κ3) is 5.93. The van der Waals surface area contributed by atoms with Gasteiger partial charge in [0.25, 0.3) is 0 Å². The van der Waals surface area contributed by atoms with E-state index in [2.05, 4.69) is 48.3 Å². The number of aromatic nitrogens is 1. The number of ether oxygens (including phenoxy) is 1. The lowest BCUT2D eigenvalue weighted by atomic mass is 9.89. The third-order valence-electron chi connectivity index (χ3n) is 3.43. The topological polar surface area (TPSA) is 58.5 Å². The summed E-state index contributed by atoms with van der Waals surface area (Å²) in [6.45, 7) is 14.9. The lowest BCUT2D eigenvalue weighted by Crippen LogP contribution is -2.45. The lowest BCUT2D eigenvalue weighted by Gasteiger charge is -2.30. The number of hydrogen-bond donors (Lipinski definition) is 2. The van der Waals surface area contributed by atoms with Crippen LogP contribution in [0.25, 0.3) is 0 Å². The Hall–Kier alpha value is -1.14. The van der Waals surface area contributed by atoms with E-state index in [1.54, 1.807) is 18.4 Å². The van der Waals surface area contributed by atoms with Gasteiger partial charge >= 0.3 is 0 Å². The molecule has 1 heterocycles. The molecule has 0 aliphatic rings. The highest BCUT2D eigenvalue weighted by Crippen LogP contribution is 2.21. The van der Waals surface area contributed by atoms with Gasteiger partial charge < -0.3 is 15.4 Å². The number of thiazole rings is 1. The first-order chi connectivity index (χ1) is 10.3. The predicted octanol–water partition coefficient (Wildman–Crippen LogP) is 2.88. The van der Waals surface area contributed by atoms with E-state index < -0.39 is 0 Å². The second kappa shape index (κ2) is 8.48. The van der Waals surface area contributed by atoms with Gasteiger partial charge in [-0.3, -0.25) is 0 Å². The van der Waals surface area contributed by atoms with Crippen molar-refractivity contribution in [2.24, 2.45) is 10.4 Å². The Morgan fingerprint density at radius 3 is 2.45 bits per heavy atom. The summed E-state index contributed by atoms with van der Waals surface area (Å²) in [7, 11) is 1.76. The zero-order chi connectivity index (χ0) is 16.8. The molecule has 0 saturated heterocycles. The van der Waals surface area contributed by atoms with Crippen LogP contribution in [0.1, 0.15) is 43.3 Å². The maximum absolute atomic E-state index is 5.58. The van der Waals surface area contributed by atoms with Crippen molar-refractivity contribution in [1.29, 1.82) is 0 Å². The molecule has 0 spiro atoms. The summed E-state index contributed by atoms with van der Waals surface area (Å²) in [5, 5.41) is 7.74. The number of aryl methyl sites for hydroxylation is 2. The molecule has 5 nitrogen and oxygen atoms in total. The first-order valence-electron chi connectivity index (χ1n) is 7.75. The Morgan fingerprint density at radius 2 is 2.00 bits per heavy atom. The van der Waals surface area contributed by atoms with Gasteiger partial charge in [0.15, 0.2) is 5.96 Å². The Kier molecular flexibility index (Phi) is 7.29. The van der Waals surface area contributed by atoms with Gasteiger partial charge in [0.05, 0.1) is 23.4 Å². The summed E-state index contributed by atoms with van der Waals surface area (Å²) in [5.74, 6) is 0.819. The molecule has 1 unspecified atom stereocenters. The first-order valence-corrected chi connectivity index (χ1v) is 8.57. The highest BCUT2D eigenvalue weighted by Gasteiger charge is 2.24. The molecular formula is C16H30N4OS. The SMILES string of the molecule is CCNC(=NCc1sc(C)nc1C)NCC(OC)C(C)(C)C. The molecule has 0 saturated carbocycles. The third-order valence-corrected chi connectivity index (χ3v) is 4.49. The first kappa shape index (κ1) is 18.9. The summed E-state index contributed by atoms with van der Waals surface area (Å²) in [6, 6.07) is 0. The van der Waals surface area contributed by atoms with E-state index in [0.29, 0.717) is 6.54 Å². The maximum Gasteiger partial charge on any atom is 0.191 e. The average Bonchev–Trinajstić information content (AvgIpc) is 2.73. The van der Waals surface area contributed by atoms with Crippen LogP contribution in [0.4, 0.5) is 0 Å². The predicted molar refractivity (Wildman–Crippen MR) is 94.7 cm³/mol. The van der Waals surface area contributed by atoms with E-state index in [9.17, 15) is 0 Å². The van der Waals surface area contributed by atoms with Crippen molar-refractivity contribution in [2.75, 3.05) is 20.2 Å². The van der Waals surface area contributed by atoms with Gasteiger partial charge in [0.1, 0.15) is 0 Å². The standard InChI is InChI=1S/C16H30N4OS/c1-8-17-15(19-10-14(21-7)16(4,5)6)18-9-13-11(2)20-12(3)22-13/h14H,8-10H2,1-7H3,(H2,17,18,19). The summed E-state index contributed by atoms with van der Waals surface area (Å²) >= 11 is 1.71. The van der Waals surface area contributed by atoms with E-state index in [4.69, 9.17) is 4.74 Å². The molecule has 1 aromatic heterocycles. The molecule has 0 radical (unpaired) electrons. The number of aliphatic imine (C=N–C) groups is 1. The summed E-state index contributed by atoms with van der Waals surface area (Å²) in [4.78, 5) is 10.3. The normalized spacial score (nSPS) is 14.0. The lowest BCUT2D eigenvalue weighted by molar-refractivity contribution is 0.0205. The molecule has 0 aliphatic heterocycles. The molecule has 22 heavy (non-hydrogen) atoms. The van der Waals surface area contributed by atoms with Gasteiger partial charge in [0, 0.05) is 25.1 Å². The maximum atomic E-state index is 5.58. The fraction of sp³-hybridized carbons (Fsp3) is 0.750.